The predicted octanol–water partition coefficient (Wildman–Crippen LogP) is 2.58. The van der Waals surface area contributed by atoms with Crippen LogP contribution in [0.4, 0.5) is 0 Å². The van der Waals surface area contributed by atoms with Crippen molar-refractivity contribution >= 4 is 5.71 Å². The molecule has 1 saturated carbocycles. The molecule has 0 amide bonds. The molecule has 2 nitrogen and oxygen atoms in total. The molecule has 0 aromatic heterocycles. The SMILES string of the molecule is CCC12CCC=CC1C/C2=N\O. The van der Waals surface area contributed by atoms with Gasteiger partial charge >= 0.3 is 0 Å². The van der Waals surface area contributed by atoms with Crippen molar-refractivity contribution in [1.82, 2.24) is 0 Å². The Morgan fingerprint density at radius 2 is 2.58 bits per heavy atom. The Bertz CT molecular complexity index is 244. The molecule has 66 valence electrons. The van der Waals surface area contributed by atoms with E-state index < -0.39 is 0 Å². The van der Waals surface area contributed by atoms with Crippen LogP contribution < -0.4 is 0 Å². The van der Waals surface area contributed by atoms with E-state index in [4.69, 9.17) is 5.21 Å². The van der Waals surface area contributed by atoms with E-state index in [1.165, 1.54) is 6.42 Å². The summed E-state index contributed by atoms with van der Waals surface area (Å²) in [6, 6.07) is 0. The molecule has 0 aromatic rings. The van der Waals surface area contributed by atoms with E-state index in [0.29, 0.717) is 5.92 Å². The fourth-order valence-electron chi connectivity index (χ4n) is 2.66. The van der Waals surface area contributed by atoms with E-state index in [9.17, 15) is 0 Å². The highest BCUT2D eigenvalue weighted by Gasteiger charge is 2.50. The first-order chi connectivity index (χ1) is 5.83. The maximum absolute atomic E-state index is 8.79. The lowest BCUT2D eigenvalue weighted by atomic mass is 9.53. The Balaban J connectivity index is 2.27. The smallest absolute Gasteiger partial charge is 0.0644 e. The summed E-state index contributed by atoms with van der Waals surface area (Å²) in [7, 11) is 0. The predicted molar refractivity (Wildman–Crippen MR) is 48.4 cm³/mol. The summed E-state index contributed by atoms with van der Waals surface area (Å²) in [4.78, 5) is 0. The van der Waals surface area contributed by atoms with Crippen LogP contribution >= 0.6 is 0 Å². The Labute approximate surface area is 73.0 Å². The van der Waals surface area contributed by atoms with Crippen molar-refractivity contribution in [3.8, 4) is 0 Å². The summed E-state index contributed by atoms with van der Waals surface area (Å²) in [5.41, 5.74) is 1.27. The van der Waals surface area contributed by atoms with Crippen LogP contribution in [0.2, 0.25) is 0 Å². The van der Waals surface area contributed by atoms with Crippen LogP contribution in [0.5, 0.6) is 0 Å². The van der Waals surface area contributed by atoms with Gasteiger partial charge in [0.2, 0.25) is 0 Å². The van der Waals surface area contributed by atoms with Gasteiger partial charge in [-0.3, -0.25) is 0 Å². The normalized spacial score (nSPS) is 42.4. The molecule has 0 spiro atoms. The lowest BCUT2D eigenvalue weighted by Crippen LogP contribution is -2.49. The second kappa shape index (κ2) is 2.61. The number of fused-ring (bicyclic) bond motifs is 1. The Morgan fingerprint density at radius 1 is 1.75 bits per heavy atom. The minimum absolute atomic E-state index is 0.240. The highest BCUT2D eigenvalue weighted by molar-refractivity contribution is 5.96. The lowest BCUT2D eigenvalue weighted by Gasteiger charge is -2.50. The van der Waals surface area contributed by atoms with E-state index in [0.717, 1.165) is 25.0 Å². The van der Waals surface area contributed by atoms with Crippen LogP contribution in [0.1, 0.15) is 32.6 Å². The quantitative estimate of drug-likeness (QED) is 0.361. The molecule has 2 heteroatoms. The molecular weight excluding hydrogens is 150 g/mol. The summed E-state index contributed by atoms with van der Waals surface area (Å²) >= 11 is 0. The molecule has 0 radical (unpaired) electrons. The minimum atomic E-state index is 0.240. The third-order valence-corrected chi connectivity index (χ3v) is 3.57. The van der Waals surface area contributed by atoms with Crippen LogP contribution in [-0.4, -0.2) is 10.9 Å². The van der Waals surface area contributed by atoms with E-state index >= 15 is 0 Å². The van der Waals surface area contributed by atoms with E-state index in [-0.39, 0.29) is 5.41 Å². The maximum Gasteiger partial charge on any atom is 0.0644 e. The van der Waals surface area contributed by atoms with Crippen molar-refractivity contribution in [2.75, 3.05) is 0 Å². The number of rotatable bonds is 1. The highest BCUT2D eigenvalue weighted by Crippen LogP contribution is 2.52. The fraction of sp³-hybridized carbons (Fsp3) is 0.700. The van der Waals surface area contributed by atoms with E-state index in [2.05, 4.69) is 24.2 Å². The first-order valence-corrected chi connectivity index (χ1v) is 4.71. The second-order valence-electron chi connectivity index (χ2n) is 3.83. The molecule has 0 bridgehead atoms. The molecule has 2 unspecified atom stereocenters. The first-order valence-electron chi connectivity index (χ1n) is 4.71. The summed E-state index contributed by atoms with van der Waals surface area (Å²) in [6.45, 7) is 2.19. The van der Waals surface area contributed by atoms with Gasteiger partial charge in [0, 0.05) is 5.41 Å². The van der Waals surface area contributed by atoms with Crippen molar-refractivity contribution in [2.45, 2.75) is 32.6 Å². The zero-order valence-corrected chi connectivity index (χ0v) is 7.45. The van der Waals surface area contributed by atoms with Gasteiger partial charge in [0.05, 0.1) is 5.71 Å². The van der Waals surface area contributed by atoms with Gasteiger partial charge in [0.25, 0.3) is 0 Å². The molecule has 2 atom stereocenters. The number of nitrogens with zero attached hydrogens (tertiary/aromatic N) is 1. The standard InChI is InChI=1S/C10H15NO/c1-2-10-6-4-3-5-8(10)7-9(10)11-12/h3,5,8,12H,2,4,6-7H2,1H3/b11-9+. The van der Waals surface area contributed by atoms with Crippen LogP contribution in [0.25, 0.3) is 0 Å². The molecule has 1 N–H and O–H groups in total. The van der Waals surface area contributed by atoms with Crippen molar-refractivity contribution in [3.63, 3.8) is 0 Å². The Morgan fingerprint density at radius 3 is 3.17 bits per heavy atom. The molecule has 1 fully saturated rings. The average molecular weight is 165 g/mol. The molecule has 2 aliphatic carbocycles. The topological polar surface area (TPSA) is 32.6 Å². The zero-order valence-electron chi connectivity index (χ0n) is 7.45. The summed E-state index contributed by atoms with van der Waals surface area (Å²) < 4.78 is 0. The molecule has 0 aromatic carbocycles. The van der Waals surface area contributed by atoms with Crippen molar-refractivity contribution in [3.05, 3.63) is 12.2 Å². The Kier molecular flexibility index (Phi) is 1.71. The molecule has 2 aliphatic rings. The second-order valence-corrected chi connectivity index (χ2v) is 3.83. The van der Waals surface area contributed by atoms with Crippen molar-refractivity contribution in [1.29, 1.82) is 0 Å². The number of hydrogen-bond acceptors (Lipinski definition) is 2. The van der Waals surface area contributed by atoms with E-state index in [1.807, 2.05) is 0 Å². The Hall–Kier alpha value is -0.790. The molecule has 0 aliphatic heterocycles. The molecule has 2 rings (SSSR count). The van der Waals surface area contributed by atoms with Crippen LogP contribution in [0.3, 0.4) is 0 Å². The molecule has 0 saturated heterocycles. The van der Waals surface area contributed by atoms with Crippen LogP contribution in [0, 0.1) is 11.3 Å². The van der Waals surface area contributed by atoms with Gasteiger partial charge in [-0.15, -0.1) is 0 Å². The molecular formula is C10H15NO. The van der Waals surface area contributed by atoms with E-state index in [1.54, 1.807) is 0 Å². The van der Waals surface area contributed by atoms with Gasteiger partial charge in [-0.25, -0.2) is 0 Å². The molecule has 12 heavy (non-hydrogen) atoms. The van der Waals surface area contributed by atoms with Gasteiger partial charge < -0.3 is 5.21 Å². The largest absolute Gasteiger partial charge is 0.411 e. The zero-order chi connectivity index (χ0) is 8.60. The van der Waals surface area contributed by atoms with Gasteiger partial charge in [-0.2, -0.15) is 0 Å². The van der Waals surface area contributed by atoms with Crippen molar-refractivity contribution in [2.24, 2.45) is 16.5 Å². The molecule has 0 heterocycles. The highest BCUT2D eigenvalue weighted by atomic mass is 16.4. The fourth-order valence-corrected chi connectivity index (χ4v) is 2.66. The number of allylic oxidation sites excluding steroid dienone is 2. The first kappa shape index (κ1) is 7.84. The average Bonchev–Trinajstić information content (AvgIpc) is 2.08. The minimum Gasteiger partial charge on any atom is -0.411 e. The third kappa shape index (κ3) is 0.780. The monoisotopic (exact) mass is 165 g/mol. The summed E-state index contributed by atoms with van der Waals surface area (Å²) in [5, 5.41) is 12.2. The van der Waals surface area contributed by atoms with Crippen LogP contribution in [-0.2, 0) is 0 Å². The van der Waals surface area contributed by atoms with Gasteiger partial charge in [-0.05, 0) is 31.6 Å². The third-order valence-electron chi connectivity index (χ3n) is 3.57. The van der Waals surface area contributed by atoms with Crippen molar-refractivity contribution < 1.29 is 5.21 Å². The summed E-state index contributed by atoms with van der Waals surface area (Å²) in [6.07, 6.45) is 8.95. The number of hydrogen-bond donors (Lipinski definition) is 1. The van der Waals surface area contributed by atoms with Gasteiger partial charge in [-0.1, -0.05) is 24.2 Å². The van der Waals surface area contributed by atoms with Gasteiger partial charge in [0.15, 0.2) is 0 Å². The number of oxime groups is 1. The summed E-state index contributed by atoms with van der Waals surface area (Å²) in [5.74, 6) is 0.655. The lowest BCUT2D eigenvalue weighted by molar-refractivity contribution is 0.187. The maximum atomic E-state index is 8.79. The van der Waals surface area contributed by atoms with Crippen LogP contribution in [0.15, 0.2) is 17.3 Å². The van der Waals surface area contributed by atoms with Gasteiger partial charge in [0.1, 0.15) is 0 Å².